The highest BCUT2D eigenvalue weighted by molar-refractivity contribution is 5.75. The molecule has 0 aromatic heterocycles. The quantitative estimate of drug-likeness (QED) is 0.766. The first-order chi connectivity index (χ1) is 8.33. The molecule has 6 nitrogen and oxygen atoms in total. The first kappa shape index (κ1) is 14.6. The zero-order valence-corrected chi connectivity index (χ0v) is 11.7. The molecule has 1 fully saturated rings. The highest BCUT2D eigenvalue weighted by Gasteiger charge is 2.24. The van der Waals surface area contributed by atoms with E-state index >= 15 is 0 Å². The molecular formula is C12H23N3O3. The summed E-state index contributed by atoms with van der Waals surface area (Å²) in [6, 6.07) is -0.0607. The van der Waals surface area contributed by atoms with Crippen LogP contribution in [0.5, 0.6) is 0 Å². The number of urea groups is 1. The van der Waals surface area contributed by atoms with E-state index in [1.807, 2.05) is 0 Å². The Kier molecular flexibility index (Phi) is 4.81. The molecule has 1 N–H and O–H groups in total. The van der Waals surface area contributed by atoms with Gasteiger partial charge in [-0.15, -0.1) is 0 Å². The number of ether oxygens (including phenoxy) is 1. The van der Waals surface area contributed by atoms with Gasteiger partial charge in [0, 0.05) is 32.7 Å². The normalized spacial score (nSPS) is 16.4. The molecule has 0 aliphatic carbocycles. The molecule has 18 heavy (non-hydrogen) atoms. The molecule has 1 rings (SSSR count). The van der Waals surface area contributed by atoms with Gasteiger partial charge in [-0.05, 0) is 5.41 Å². The molecule has 0 radical (unpaired) electrons. The van der Waals surface area contributed by atoms with Crippen molar-refractivity contribution in [3.63, 3.8) is 0 Å². The third-order valence-electron chi connectivity index (χ3n) is 2.77. The van der Waals surface area contributed by atoms with Gasteiger partial charge >= 0.3 is 12.1 Å². The fraction of sp³-hybridized carbons (Fsp3) is 0.833. The van der Waals surface area contributed by atoms with E-state index in [1.54, 1.807) is 9.80 Å². The Bertz CT molecular complexity index is 304. The van der Waals surface area contributed by atoms with Gasteiger partial charge < -0.3 is 19.9 Å². The predicted octanol–water partition coefficient (Wildman–Crippen LogP) is 1.13. The molecule has 6 heteroatoms. The molecule has 1 aliphatic heterocycles. The lowest BCUT2D eigenvalue weighted by Gasteiger charge is -2.34. The number of nitrogens with zero attached hydrogens (tertiary/aromatic N) is 2. The number of carbonyl (C=O) groups is 2. The zero-order chi connectivity index (χ0) is 13.8. The second-order valence-electron chi connectivity index (χ2n) is 5.66. The van der Waals surface area contributed by atoms with Gasteiger partial charge in [0.05, 0.1) is 7.11 Å². The molecule has 0 unspecified atom stereocenters. The Labute approximate surface area is 108 Å². The minimum Gasteiger partial charge on any atom is -0.453 e. The molecular weight excluding hydrogens is 234 g/mol. The molecule has 1 aliphatic rings. The monoisotopic (exact) mass is 257 g/mol. The summed E-state index contributed by atoms with van der Waals surface area (Å²) in [5.41, 5.74) is 0.0729. The second kappa shape index (κ2) is 5.93. The van der Waals surface area contributed by atoms with E-state index in [0.29, 0.717) is 32.7 Å². The highest BCUT2D eigenvalue weighted by atomic mass is 16.5. The van der Waals surface area contributed by atoms with Crippen molar-refractivity contribution >= 4 is 12.1 Å². The van der Waals surface area contributed by atoms with Crippen LogP contribution in [0.25, 0.3) is 0 Å². The minimum atomic E-state index is -0.329. The van der Waals surface area contributed by atoms with E-state index in [0.717, 1.165) is 0 Å². The average molecular weight is 257 g/mol. The molecule has 0 spiro atoms. The van der Waals surface area contributed by atoms with E-state index in [1.165, 1.54) is 7.11 Å². The van der Waals surface area contributed by atoms with Crippen LogP contribution in [0.3, 0.4) is 0 Å². The summed E-state index contributed by atoms with van der Waals surface area (Å²) in [6.07, 6.45) is -0.329. The predicted molar refractivity (Wildman–Crippen MR) is 68.4 cm³/mol. The number of carbonyl (C=O) groups excluding carboxylic acids is 2. The maximum atomic E-state index is 11.9. The molecule has 0 aromatic carbocycles. The van der Waals surface area contributed by atoms with Gasteiger partial charge in [0.25, 0.3) is 0 Å². The summed E-state index contributed by atoms with van der Waals surface area (Å²) in [4.78, 5) is 26.5. The first-order valence-corrected chi connectivity index (χ1v) is 6.19. The third-order valence-corrected chi connectivity index (χ3v) is 2.77. The van der Waals surface area contributed by atoms with Crippen molar-refractivity contribution < 1.29 is 14.3 Å². The molecule has 104 valence electrons. The molecule has 3 amide bonds. The fourth-order valence-corrected chi connectivity index (χ4v) is 1.67. The van der Waals surface area contributed by atoms with Crippen LogP contribution in [0.15, 0.2) is 0 Å². The average Bonchev–Trinajstić information content (AvgIpc) is 2.34. The van der Waals surface area contributed by atoms with Crippen molar-refractivity contribution in [1.82, 2.24) is 15.1 Å². The standard InChI is InChI=1S/C12H23N3O3/c1-12(2,3)9-13-10(16)14-5-7-15(8-6-14)11(17)18-4/h5-9H2,1-4H3,(H,13,16). The lowest BCUT2D eigenvalue weighted by atomic mass is 9.97. The number of rotatable bonds is 1. The van der Waals surface area contributed by atoms with E-state index in [4.69, 9.17) is 0 Å². The lowest BCUT2D eigenvalue weighted by molar-refractivity contribution is 0.0966. The van der Waals surface area contributed by atoms with Crippen LogP contribution < -0.4 is 5.32 Å². The summed E-state index contributed by atoms with van der Waals surface area (Å²) < 4.78 is 4.65. The van der Waals surface area contributed by atoms with Crippen molar-refractivity contribution in [3.05, 3.63) is 0 Å². The van der Waals surface area contributed by atoms with Crippen molar-refractivity contribution in [2.24, 2.45) is 5.41 Å². The van der Waals surface area contributed by atoms with Gasteiger partial charge in [0.1, 0.15) is 0 Å². The van der Waals surface area contributed by atoms with Crippen LogP contribution in [0.1, 0.15) is 20.8 Å². The number of piperazine rings is 1. The van der Waals surface area contributed by atoms with Gasteiger partial charge in [0.2, 0.25) is 0 Å². The first-order valence-electron chi connectivity index (χ1n) is 6.19. The summed E-state index contributed by atoms with van der Waals surface area (Å²) in [6.45, 7) is 9.00. The van der Waals surface area contributed by atoms with Gasteiger partial charge in [0.15, 0.2) is 0 Å². The van der Waals surface area contributed by atoms with Gasteiger partial charge in [-0.3, -0.25) is 0 Å². The Morgan fingerprint density at radius 2 is 1.61 bits per heavy atom. The summed E-state index contributed by atoms with van der Waals surface area (Å²) in [7, 11) is 1.37. The SMILES string of the molecule is COC(=O)N1CCN(C(=O)NCC(C)(C)C)CC1. The lowest BCUT2D eigenvalue weighted by Crippen LogP contribution is -2.53. The molecule has 0 saturated carbocycles. The van der Waals surface area contributed by atoms with Crippen molar-refractivity contribution in [1.29, 1.82) is 0 Å². The van der Waals surface area contributed by atoms with E-state index < -0.39 is 0 Å². The summed E-state index contributed by atoms with van der Waals surface area (Å²) in [5.74, 6) is 0. The largest absolute Gasteiger partial charge is 0.453 e. The Morgan fingerprint density at radius 3 is 2.06 bits per heavy atom. The van der Waals surface area contributed by atoms with E-state index in [2.05, 4.69) is 30.8 Å². The van der Waals surface area contributed by atoms with Crippen LogP contribution in [0.4, 0.5) is 9.59 Å². The maximum Gasteiger partial charge on any atom is 0.409 e. The summed E-state index contributed by atoms with van der Waals surface area (Å²) >= 11 is 0. The second-order valence-corrected chi connectivity index (χ2v) is 5.66. The van der Waals surface area contributed by atoms with Crippen LogP contribution >= 0.6 is 0 Å². The fourth-order valence-electron chi connectivity index (χ4n) is 1.67. The summed E-state index contributed by atoms with van der Waals surface area (Å²) in [5, 5.41) is 2.90. The Hall–Kier alpha value is -1.46. The topological polar surface area (TPSA) is 61.9 Å². The smallest absolute Gasteiger partial charge is 0.409 e. The van der Waals surface area contributed by atoms with Crippen LogP contribution in [-0.2, 0) is 4.74 Å². The molecule has 1 heterocycles. The van der Waals surface area contributed by atoms with Crippen LogP contribution in [0, 0.1) is 5.41 Å². The highest BCUT2D eigenvalue weighted by Crippen LogP contribution is 2.11. The third kappa shape index (κ3) is 4.43. The van der Waals surface area contributed by atoms with Gasteiger partial charge in [-0.1, -0.05) is 20.8 Å². The van der Waals surface area contributed by atoms with E-state index in [9.17, 15) is 9.59 Å². The van der Waals surface area contributed by atoms with Gasteiger partial charge in [-0.25, -0.2) is 9.59 Å². The Balaban J connectivity index is 2.34. The molecule has 0 bridgehead atoms. The minimum absolute atomic E-state index is 0.0607. The number of nitrogens with one attached hydrogen (secondary N) is 1. The zero-order valence-electron chi connectivity index (χ0n) is 11.7. The Morgan fingerprint density at radius 1 is 1.11 bits per heavy atom. The van der Waals surface area contributed by atoms with Crippen molar-refractivity contribution in [3.8, 4) is 0 Å². The number of hydrogen-bond donors (Lipinski definition) is 1. The molecule has 1 saturated heterocycles. The van der Waals surface area contributed by atoms with Crippen molar-refractivity contribution in [2.45, 2.75) is 20.8 Å². The van der Waals surface area contributed by atoms with E-state index in [-0.39, 0.29) is 17.5 Å². The number of methoxy groups -OCH3 is 1. The maximum absolute atomic E-state index is 11.9. The number of amides is 3. The number of hydrogen-bond acceptors (Lipinski definition) is 3. The molecule has 0 aromatic rings. The van der Waals surface area contributed by atoms with Crippen molar-refractivity contribution in [2.75, 3.05) is 39.8 Å². The van der Waals surface area contributed by atoms with Crippen LogP contribution in [-0.4, -0.2) is 61.8 Å². The van der Waals surface area contributed by atoms with Gasteiger partial charge in [-0.2, -0.15) is 0 Å². The van der Waals surface area contributed by atoms with Crippen LogP contribution in [0.2, 0.25) is 0 Å². The molecule has 0 atom stereocenters.